The number of benzene rings is 1. The highest BCUT2D eigenvalue weighted by atomic mass is 32.2. The SMILES string of the molecule is CCCn1ncnc1CC(O)C1CSc2ccccc21. The van der Waals surface area contributed by atoms with E-state index in [9.17, 15) is 5.11 Å². The quantitative estimate of drug-likeness (QED) is 0.919. The molecule has 1 aromatic heterocycles. The fourth-order valence-electron chi connectivity index (χ4n) is 2.68. The van der Waals surface area contributed by atoms with Crippen LogP contribution in [0.2, 0.25) is 0 Å². The van der Waals surface area contributed by atoms with Crippen molar-refractivity contribution in [2.24, 2.45) is 0 Å². The van der Waals surface area contributed by atoms with E-state index in [1.54, 1.807) is 6.33 Å². The number of rotatable bonds is 5. The fraction of sp³-hybridized carbons (Fsp3) is 0.467. The number of aromatic nitrogens is 3. The summed E-state index contributed by atoms with van der Waals surface area (Å²) in [5.41, 5.74) is 1.27. The van der Waals surface area contributed by atoms with Crippen LogP contribution >= 0.6 is 11.8 Å². The van der Waals surface area contributed by atoms with Gasteiger partial charge in [0.05, 0.1) is 6.10 Å². The standard InChI is InChI=1S/C15H19N3OS/c1-2-7-18-15(16-10-17-18)8-13(19)12-9-20-14-6-4-3-5-11(12)14/h3-6,10,12-13,19H,2,7-9H2,1H3. The number of nitrogens with zero attached hydrogens (tertiary/aromatic N) is 3. The maximum absolute atomic E-state index is 10.6. The molecule has 0 saturated heterocycles. The van der Waals surface area contributed by atoms with E-state index in [1.807, 2.05) is 22.5 Å². The topological polar surface area (TPSA) is 50.9 Å². The van der Waals surface area contributed by atoms with Gasteiger partial charge in [-0.05, 0) is 18.1 Å². The zero-order valence-electron chi connectivity index (χ0n) is 11.6. The first-order chi connectivity index (χ1) is 9.79. The number of thioether (sulfide) groups is 1. The van der Waals surface area contributed by atoms with E-state index < -0.39 is 6.10 Å². The van der Waals surface area contributed by atoms with Gasteiger partial charge in [0, 0.05) is 29.5 Å². The molecule has 2 atom stereocenters. The first kappa shape index (κ1) is 13.6. The van der Waals surface area contributed by atoms with Crippen LogP contribution < -0.4 is 0 Å². The Morgan fingerprint density at radius 3 is 3.15 bits per heavy atom. The first-order valence-corrected chi connectivity index (χ1v) is 8.04. The van der Waals surface area contributed by atoms with Gasteiger partial charge in [-0.2, -0.15) is 5.10 Å². The van der Waals surface area contributed by atoms with Crippen molar-refractivity contribution in [3.63, 3.8) is 0 Å². The summed E-state index contributed by atoms with van der Waals surface area (Å²) < 4.78 is 1.90. The van der Waals surface area contributed by atoms with Gasteiger partial charge in [-0.25, -0.2) is 4.98 Å². The Morgan fingerprint density at radius 1 is 1.45 bits per heavy atom. The molecule has 1 aliphatic rings. The molecule has 2 unspecified atom stereocenters. The molecule has 106 valence electrons. The lowest BCUT2D eigenvalue weighted by Gasteiger charge is -2.18. The molecule has 0 amide bonds. The molecule has 0 fully saturated rings. The number of fused-ring (bicyclic) bond motifs is 1. The minimum atomic E-state index is -0.397. The van der Waals surface area contributed by atoms with Crippen LogP contribution in [0.3, 0.4) is 0 Å². The summed E-state index contributed by atoms with van der Waals surface area (Å²) in [4.78, 5) is 5.58. The van der Waals surface area contributed by atoms with E-state index in [2.05, 4.69) is 35.2 Å². The molecule has 0 bridgehead atoms. The predicted molar refractivity (Wildman–Crippen MR) is 79.9 cm³/mol. The van der Waals surface area contributed by atoms with Crippen LogP contribution in [0.1, 0.15) is 30.7 Å². The van der Waals surface area contributed by atoms with E-state index in [4.69, 9.17) is 0 Å². The first-order valence-electron chi connectivity index (χ1n) is 7.06. The van der Waals surface area contributed by atoms with Gasteiger partial charge in [0.2, 0.25) is 0 Å². The third-order valence-corrected chi connectivity index (χ3v) is 4.93. The van der Waals surface area contributed by atoms with Crippen LogP contribution in [0, 0.1) is 0 Å². The van der Waals surface area contributed by atoms with Gasteiger partial charge in [-0.3, -0.25) is 4.68 Å². The second-order valence-electron chi connectivity index (χ2n) is 5.13. The summed E-state index contributed by atoms with van der Waals surface area (Å²) in [6.07, 6.45) is 2.77. The minimum absolute atomic E-state index is 0.197. The van der Waals surface area contributed by atoms with Gasteiger partial charge in [0.1, 0.15) is 12.2 Å². The highest BCUT2D eigenvalue weighted by Crippen LogP contribution is 2.41. The van der Waals surface area contributed by atoms with Crippen LogP contribution in [0.5, 0.6) is 0 Å². The highest BCUT2D eigenvalue weighted by molar-refractivity contribution is 7.99. The second kappa shape index (κ2) is 5.97. The van der Waals surface area contributed by atoms with Crippen molar-refractivity contribution < 1.29 is 5.11 Å². The van der Waals surface area contributed by atoms with E-state index in [1.165, 1.54) is 10.5 Å². The van der Waals surface area contributed by atoms with Crippen molar-refractivity contribution in [2.75, 3.05) is 5.75 Å². The molecule has 0 spiro atoms. The van der Waals surface area contributed by atoms with Gasteiger partial charge in [0.25, 0.3) is 0 Å². The van der Waals surface area contributed by atoms with Crippen molar-refractivity contribution in [1.82, 2.24) is 14.8 Å². The second-order valence-corrected chi connectivity index (χ2v) is 6.19. The van der Waals surface area contributed by atoms with Crippen molar-refractivity contribution in [3.8, 4) is 0 Å². The summed E-state index contributed by atoms with van der Waals surface area (Å²) in [7, 11) is 0. The third-order valence-electron chi connectivity index (χ3n) is 3.72. The van der Waals surface area contributed by atoms with Crippen LogP contribution in [-0.4, -0.2) is 31.7 Å². The Morgan fingerprint density at radius 2 is 2.30 bits per heavy atom. The van der Waals surface area contributed by atoms with Crippen LogP contribution in [-0.2, 0) is 13.0 Å². The number of hydrogen-bond donors (Lipinski definition) is 1. The number of aliphatic hydroxyl groups excluding tert-OH is 1. The van der Waals surface area contributed by atoms with Crippen LogP contribution in [0.25, 0.3) is 0 Å². The van der Waals surface area contributed by atoms with Gasteiger partial charge >= 0.3 is 0 Å². The van der Waals surface area contributed by atoms with Gasteiger partial charge in [0.15, 0.2) is 0 Å². The molecule has 5 heteroatoms. The number of hydrogen-bond acceptors (Lipinski definition) is 4. The predicted octanol–water partition coefficient (Wildman–Crippen LogP) is 2.48. The third kappa shape index (κ3) is 2.60. The summed E-state index contributed by atoms with van der Waals surface area (Å²) in [5, 5.41) is 14.8. The average molecular weight is 289 g/mol. The molecule has 0 radical (unpaired) electrons. The summed E-state index contributed by atoms with van der Waals surface area (Å²) in [6, 6.07) is 8.36. The summed E-state index contributed by atoms with van der Waals surface area (Å²) in [6.45, 7) is 2.98. The van der Waals surface area contributed by atoms with Crippen molar-refractivity contribution in [1.29, 1.82) is 0 Å². The van der Waals surface area contributed by atoms with Gasteiger partial charge < -0.3 is 5.11 Å². The monoisotopic (exact) mass is 289 g/mol. The van der Waals surface area contributed by atoms with Crippen molar-refractivity contribution in [3.05, 3.63) is 42.0 Å². The molecule has 2 heterocycles. The molecular weight excluding hydrogens is 270 g/mol. The Bertz CT molecular complexity index is 584. The van der Waals surface area contributed by atoms with E-state index >= 15 is 0 Å². The molecule has 20 heavy (non-hydrogen) atoms. The largest absolute Gasteiger partial charge is 0.392 e. The van der Waals surface area contributed by atoms with Crippen LogP contribution in [0.4, 0.5) is 0 Å². The molecule has 1 N–H and O–H groups in total. The summed E-state index contributed by atoms with van der Waals surface area (Å²) in [5.74, 6) is 2.03. The molecule has 2 aromatic rings. The van der Waals surface area contributed by atoms with Crippen molar-refractivity contribution in [2.45, 2.75) is 43.2 Å². The summed E-state index contributed by atoms with van der Waals surface area (Å²) >= 11 is 1.83. The maximum Gasteiger partial charge on any atom is 0.138 e. The van der Waals surface area contributed by atoms with Gasteiger partial charge in [-0.1, -0.05) is 25.1 Å². The molecule has 0 saturated carbocycles. The van der Waals surface area contributed by atoms with Gasteiger partial charge in [-0.15, -0.1) is 11.8 Å². The minimum Gasteiger partial charge on any atom is -0.392 e. The van der Waals surface area contributed by atoms with Crippen LogP contribution in [0.15, 0.2) is 35.5 Å². The smallest absolute Gasteiger partial charge is 0.138 e. The zero-order valence-corrected chi connectivity index (χ0v) is 12.4. The van der Waals surface area contributed by atoms with Crippen molar-refractivity contribution >= 4 is 11.8 Å². The molecule has 3 rings (SSSR count). The Kier molecular flexibility index (Phi) is 4.08. The van der Waals surface area contributed by atoms with E-state index in [0.29, 0.717) is 6.42 Å². The number of aliphatic hydroxyl groups is 1. The number of aryl methyl sites for hydroxylation is 1. The molecular formula is C15H19N3OS. The zero-order chi connectivity index (χ0) is 13.9. The molecule has 1 aromatic carbocycles. The Hall–Kier alpha value is -1.33. The van der Waals surface area contributed by atoms with E-state index in [0.717, 1.165) is 24.5 Å². The highest BCUT2D eigenvalue weighted by Gasteiger charge is 2.29. The van der Waals surface area contributed by atoms with E-state index in [-0.39, 0.29) is 5.92 Å². The Balaban J connectivity index is 1.74. The normalized spacial score (nSPS) is 19.0. The lowest BCUT2D eigenvalue weighted by molar-refractivity contribution is 0.147. The molecule has 0 aliphatic carbocycles. The lowest BCUT2D eigenvalue weighted by atomic mass is 9.93. The average Bonchev–Trinajstić information content (AvgIpc) is 3.06. The maximum atomic E-state index is 10.6. The Labute approximate surface area is 123 Å². The molecule has 1 aliphatic heterocycles. The fourth-order valence-corrected chi connectivity index (χ4v) is 4.00. The lowest BCUT2D eigenvalue weighted by Crippen LogP contribution is -2.23. The molecule has 4 nitrogen and oxygen atoms in total.